The first-order valence-electron chi connectivity index (χ1n) is 6.31. The van der Waals surface area contributed by atoms with Crippen LogP contribution in [0.15, 0.2) is 0 Å². The summed E-state index contributed by atoms with van der Waals surface area (Å²) in [5.74, 6) is -1.05. The molecular weight excluding hydrogens is 222 g/mol. The zero-order valence-corrected chi connectivity index (χ0v) is 9.93. The molecule has 0 radical (unpaired) electrons. The molecule has 2 rings (SSSR count). The number of rotatable bonds is 2. The van der Waals surface area contributed by atoms with Gasteiger partial charge in [-0.1, -0.05) is 0 Å². The Hall–Kier alpha value is -1.10. The molecule has 0 spiro atoms. The van der Waals surface area contributed by atoms with E-state index in [0.29, 0.717) is 26.2 Å². The van der Waals surface area contributed by atoms with Gasteiger partial charge in [0.15, 0.2) is 0 Å². The van der Waals surface area contributed by atoms with Crippen LogP contribution in [0.25, 0.3) is 0 Å². The van der Waals surface area contributed by atoms with Crippen molar-refractivity contribution in [2.75, 3.05) is 19.8 Å². The van der Waals surface area contributed by atoms with E-state index in [1.54, 1.807) is 4.90 Å². The van der Waals surface area contributed by atoms with Crippen LogP contribution in [0, 0.1) is 5.92 Å². The van der Waals surface area contributed by atoms with Gasteiger partial charge in [0, 0.05) is 13.2 Å². The summed E-state index contributed by atoms with van der Waals surface area (Å²) in [5, 5.41) is 9.13. The predicted octanol–water partition coefficient (Wildman–Crippen LogP) is 0.879. The second kappa shape index (κ2) is 5.49. The summed E-state index contributed by atoms with van der Waals surface area (Å²) in [6.45, 7) is 1.74. The van der Waals surface area contributed by atoms with E-state index in [9.17, 15) is 9.59 Å². The minimum atomic E-state index is -0.880. The molecule has 2 aliphatic rings. The zero-order chi connectivity index (χ0) is 12.3. The molecule has 2 saturated heterocycles. The Morgan fingerprint density at radius 3 is 2.65 bits per heavy atom. The molecule has 1 N–H and O–H groups in total. The molecule has 0 bridgehead atoms. The van der Waals surface area contributed by atoms with E-state index in [-0.39, 0.29) is 11.8 Å². The first-order chi connectivity index (χ1) is 8.20. The number of carbonyl (C=O) groups is 2. The number of hydrogen-bond donors (Lipinski definition) is 1. The van der Waals surface area contributed by atoms with E-state index >= 15 is 0 Å². The largest absolute Gasteiger partial charge is 0.480 e. The monoisotopic (exact) mass is 241 g/mol. The molecule has 2 heterocycles. The zero-order valence-electron chi connectivity index (χ0n) is 9.93. The quantitative estimate of drug-likeness (QED) is 0.779. The lowest BCUT2D eigenvalue weighted by atomic mass is 9.96. The Morgan fingerprint density at radius 1 is 1.18 bits per heavy atom. The summed E-state index contributed by atoms with van der Waals surface area (Å²) < 4.78 is 5.29. The second-order valence-corrected chi connectivity index (χ2v) is 4.80. The van der Waals surface area contributed by atoms with Crippen molar-refractivity contribution >= 4 is 11.9 Å². The van der Waals surface area contributed by atoms with E-state index in [1.165, 1.54) is 0 Å². The third-order valence-electron chi connectivity index (χ3n) is 3.58. The van der Waals surface area contributed by atoms with Gasteiger partial charge in [-0.15, -0.1) is 0 Å². The summed E-state index contributed by atoms with van der Waals surface area (Å²) in [6.07, 6.45) is 4.09. The van der Waals surface area contributed by atoms with Gasteiger partial charge in [0.2, 0.25) is 5.91 Å². The average molecular weight is 241 g/mol. The third-order valence-corrected chi connectivity index (χ3v) is 3.58. The van der Waals surface area contributed by atoms with Crippen molar-refractivity contribution in [2.24, 2.45) is 5.92 Å². The van der Waals surface area contributed by atoms with Gasteiger partial charge in [0.25, 0.3) is 0 Å². The summed E-state index contributed by atoms with van der Waals surface area (Å²) >= 11 is 0. The van der Waals surface area contributed by atoms with Crippen molar-refractivity contribution in [3.05, 3.63) is 0 Å². The van der Waals surface area contributed by atoms with Gasteiger partial charge in [0.05, 0.1) is 12.5 Å². The predicted molar refractivity (Wildman–Crippen MR) is 60.5 cm³/mol. The van der Waals surface area contributed by atoms with Gasteiger partial charge in [-0.25, -0.2) is 4.79 Å². The van der Waals surface area contributed by atoms with Crippen molar-refractivity contribution in [1.29, 1.82) is 0 Å². The van der Waals surface area contributed by atoms with Gasteiger partial charge in [-0.3, -0.25) is 4.79 Å². The second-order valence-electron chi connectivity index (χ2n) is 4.80. The van der Waals surface area contributed by atoms with Crippen LogP contribution < -0.4 is 0 Å². The van der Waals surface area contributed by atoms with Crippen LogP contribution in [-0.4, -0.2) is 47.7 Å². The van der Waals surface area contributed by atoms with E-state index in [0.717, 1.165) is 25.7 Å². The number of hydrogen-bond acceptors (Lipinski definition) is 3. The smallest absolute Gasteiger partial charge is 0.326 e. The van der Waals surface area contributed by atoms with E-state index in [2.05, 4.69) is 0 Å². The average Bonchev–Trinajstić information content (AvgIpc) is 2.39. The fraction of sp³-hybridized carbons (Fsp3) is 0.833. The summed E-state index contributed by atoms with van der Waals surface area (Å²) in [4.78, 5) is 24.9. The highest BCUT2D eigenvalue weighted by Gasteiger charge is 2.35. The molecule has 2 aliphatic heterocycles. The highest BCUT2D eigenvalue weighted by Crippen LogP contribution is 2.23. The van der Waals surface area contributed by atoms with Crippen molar-refractivity contribution in [1.82, 2.24) is 4.90 Å². The summed E-state index contributed by atoms with van der Waals surface area (Å²) in [7, 11) is 0. The Morgan fingerprint density at radius 2 is 2.00 bits per heavy atom. The van der Waals surface area contributed by atoms with Crippen molar-refractivity contribution < 1.29 is 19.4 Å². The minimum absolute atomic E-state index is 0.0307. The number of aliphatic carboxylic acids is 1. The molecule has 96 valence electrons. The van der Waals surface area contributed by atoms with E-state index < -0.39 is 12.0 Å². The molecule has 0 aliphatic carbocycles. The first kappa shape index (κ1) is 12.4. The number of nitrogens with zero attached hydrogens (tertiary/aromatic N) is 1. The van der Waals surface area contributed by atoms with Crippen molar-refractivity contribution in [3.63, 3.8) is 0 Å². The molecular formula is C12H19NO4. The van der Waals surface area contributed by atoms with E-state index in [4.69, 9.17) is 9.84 Å². The minimum Gasteiger partial charge on any atom is -0.480 e. The Balaban J connectivity index is 2.02. The third kappa shape index (κ3) is 2.77. The fourth-order valence-corrected chi connectivity index (χ4v) is 2.62. The van der Waals surface area contributed by atoms with Crippen LogP contribution in [0.5, 0.6) is 0 Å². The Kier molecular flexibility index (Phi) is 3.99. The van der Waals surface area contributed by atoms with Crippen LogP contribution in [0.1, 0.15) is 32.1 Å². The molecule has 17 heavy (non-hydrogen) atoms. The van der Waals surface area contributed by atoms with Crippen LogP contribution in [0.2, 0.25) is 0 Å². The Labute approximate surface area is 101 Å². The lowest BCUT2D eigenvalue weighted by Crippen LogP contribution is -2.51. The van der Waals surface area contributed by atoms with Crippen LogP contribution >= 0.6 is 0 Å². The van der Waals surface area contributed by atoms with Crippen molar-refractivity contribution in [2.45, 2.75) is 38.1 Å². The molecule has 5 heteroatoms. The Bertz CT molecular complexity index is 299. The highest BCUT2D eigenvalue weighted by molar-refractivity contribution is 5.85. The standard InChI is InChI=1S/C12H19NO4/c14-11(9-4-3-7-17-8-9)13-6-2-1-5-10(13)12(15)16/h9-10H,1-8H2,(H,15,16). The van der Waals surface area contributed by atoms with Gasteiger partial charge < -0.3 is 14.7 Å². The maximum Gasteiger partial charge on any atom is 0.326 e. The number of likely N-dealkylation sites (tertiary alicyclic amines) is 1. The number of carboxylic acids is 1. The molecule has 5 nitrogen and oxygen atoms in total. The van der Waals surface area contributed by atoms with Gasteiger partial charge in [0.1, 0.15) is 6.04 Å². The van der Waals surface area contributed by atoms with Gasteiger partial charge in [-0.2, -0.15) is 0 Å². The normalized spacial score (nSPS) is 30.0. The first-order valence-corrected chi connectivity index (χ1v) is 6.31. The van der Waals surface area contributed by atoms with Crippen molar-refractivity contribution in [3.8, 4) is 0 Å². The number of piperidine rings is 1. The molecule has 2 atom stereocenters. The molecule has 0 aromatic rings. The van der Waals surface area contributed by atoms with E-state index in [1.807, 2.05) is 0 Å². The summed E-state index contributed by atoms with van der Waals surface area (Å²) in [6, 6.07) is -0.627. The lowest BCUT2D eigenvalue weighted by molar-refractivity contribution is -0.156. The summed E-state index contributed by atoms with van der Waals surface area (Å²) in [5.41, 5.74) is 0. The van der Waals surface area contributed by atoms with Crippen LogP contribution in [0.4, 0.5) is 0 Å². The SMILES string of the molecule is O=C(O)C1CCCCN1C(=O)C1CCCOC1. The topological polar surface area (TPSA) is 66.8 Å². The molecule has 0 aromatic carbocycles. The lowest BCUT2D eigenvalue weighted by Gasteiger charge is -2.36. The molecule has 0 aromatic heterocycles. The molecule has 2 unspecified atom stereocenters. The maximum absolute atomic E-state index is 12.3. The molecule has 1 amide bonds. The number of carboxylic acid groups (broad SMARTS) is 1. The maximum atomic E-state index is 12.3. The fourth-order valence-electron chi connectivity index (χ4n) is 2.62. The molecule has 0 saturated carbocycles. The molecule has 2 fully saturated rings. The number of carbonyl (C=O) groups excluding carboxylic acids is 1. The van der Waals surface area contributed by atoms with Gasteiger partial charge in [-0.05, 0) is 32.1 Å². The van der Waals surface area contributed by atoms with Crippen LogP contribution in [-0.2, 0) is 14.3 Å². The van der Waals surface area contributed by atoms with Gasteiger partial charge >= 0.3 is 5.97 Å². The number of amides is 1. The van der Waals surface area contributed by atoms with Crippen LogP contribution in [0.3, 0.4) is 0 Å². The number of ether oxygens (including phenoxy) is 1. The highest BCUT2D eigenvalue weighted by atomic mass is 16.5.